The second-order valence-electron chi connectivity index (χ2n) is 12.7. The van der Waals surface area contributed by atoms with Crippen molar-refractivity contribution in [2.24, 2.45) is 0 Å². The molecule has 3 nitrogen and oxygen atoms in total. The Morgan fingerprint density at radius 1 is 0.611 bits per heavy atom. The summed E-state index contributed by atoms with van der Waals surface area (Å²) in [6.07, 6.45) is 0.857. The molecule has 0 aliphatic rings. The van der Waals surface area contributed by atoms with Crippen molar-refractivity contribution in [3.63, 3.8) is 0 Å². The fourth-order valence-electron chi connectivity index (χ4n) is 5.48. The van der Waals surface area contributed by atoms with Gasteiger partial charge in [0.25, 0.3) is 0 Å². The van der Waals surface area contributed by atoms with Crippen LogP contribution in [0.2, 0.25) is 0 Å². The van der Waals surface area contributed by atoms with Crippen LogP contribution in [0.15, 0.2) is 42.5 Å². The van der Waals surface area contributed by atoms with E-state index in [0.717, 1.165) is 34.2 Å². The molecule has 0 aliphatic carbocycles. The van der Waals surface area contributed by atoms with Gasteiger partial charge in [-0.3, -0.25) is 0 Å². The molecule has 0 heterocycles. The van der Waals surface area contributed by atoms with Gasteiger partial charge in [0.05, 0.1) is 0 Å². The number of aryl methyl sites for hydroxylation is 3. The highest BCUT2D eigenvalue weighted by Gasteiger charge is 2.28. The molecule has 0 spiro atoms. The highest BCUT2D eigenvalue weighted by Crippen LogP contribution is 2.44. The molecule has 0 aliphatic heterocycles. The Morgan fingerprint density at radius 2 is 1.06 bits per heavy atom. The first-order valence-electron chi connectivity index (χ1n) is 13.0. The van der Waals surface area contributed by atoms with Crippen molar-refractivity contribution in [1.82, 2.24) is 0 Å². The molecule has 0 saturated heterocycles. The molecule has 0 aromatic heterocycles. The molecule has 0 bridgehead atoms. The number of benzene rings is 3. The average molecular weight is 489 g/mol. The summed E-state index contributed by atoms with van der Waals surface area (Å²) in [6, 6.07) is 13.8. The normalized spacial score (nSPS) is 14.1. The third-order valence-electron chi connectivity index (χ3n) is 7.51. The first-order valence-corrected chi connectivity index (χ1v) is 13.0. The van der Waals surface area contributed by atoms with Crippen LogP contribution in [0.25, 0.3) is 0 Å². The van der Waals surface area contributed by atoms with Gasteiger partial charge in [-0.15, -0.1) is 0 Å². The molecule has 0 radical (unpaired) electrons. The topological polar surface area (TPSA) is 60.7 Å². The predicted molar refractivity (Wildman–Crippen MR) is 151 cm³/mol. The van der Waals surface area contributed by atoms with Gasteiger partial charge in [0.15, 0.2) is 0 Å². The lowest BCUT2D eigenvalue weighted by molar-refractivity contribution is 0.445. The van der Waals surface area contributed by atoms with Crippen LogP contribution in [-0.2, 0) is 10.8 Å². The lowest BCUT2D eigenvalue weighted by Gasteiger charge is -2.30. The summed E-state index contributed by atoms with van der Waals surface area (Å²) in [6.45, 7) is 21.2. The van der Waals surface area contributed by atoms with Crippen molar-refractivity contribution in [3.8, 4) is 17.2 Å². The number of hydrogen-bond donors (Lipinski definition) is 3. The fraction of sp³-hybridized carbons (Fsp3) is 0.455. The lowest BCUT2D eigenvalue weighted by atomic mass is 9.75. The summed E-state index contributed by atoms with van der Waals surface area (Å²) < 4.78 is 0. The number of phenols is 3. The van der Waals surface area contributed by atoms with Crippen LogP contribution < -0.4 is 0 Å². The molecule has 2 atom stereocenters. The Balaban J connectivity index is 2.19. The highest BCUT2D eigenvalue weighted by molar-refractivity contribution is 5.51. The molecule has 0 saturated carbocycles. The molecule has 0 amide bonds. The van der Waals surface area contributed by atoms with Crippen LogP contribution in [-0.4, -0.2) is 15.3 Å². The van der Waals surface area contributed by atoms with Gasteiger partial charge in [-0.05, 0) is 113 Å². The van der Waals surface area contributed by atoms with E-state index in [1.165, 1.54) is 16.7 Å². The summed E-state index contributed by atoms with van der Waals surface area (Å²) in [5.74, 6) is 1.25. The number of phenolic OH excluding ortho intramolecular Hbond substituents is 3. The van der Waals surface area contributed by atoms with E-state index >= 15 is 0 Å². The minimum absolute atomic E-state index is 0.0774. The Kier molecular flexibility index (Phi) is 7.56. The van der Waals surface area contributed by atoms with Crippen molar-refractivity contribution in [2.45, 2.75) is 98.3 Å². The highest BCUT2D eigenvalue weighted by atomic mass is 16.3. The Morgan fingerprint density at radius 3 is 1.53 bits per heavy atom. The minimum atomic E-state index is -0.193. The maximum Gasteiger partial charge on any atom is 0.119 e. The summed E-state index contributed by atoms with van der Waals surface area (Å²) in [5, 5.41) is 31.5. The van der Waals surface area contributed by atoms with Crippen LogP contribution in [0.4, 0.5) is 0 Å². The van der Waals surface area contributed by atoms with Crippen LogP contribution in [0.5, 0.6) is 17.2 Å². The van der Waals surface area contributed by atoms with Crippen molar-refractivity contribution in [2.75, 3.05) is 0 Å². The number of rotatable bonds is 5. The van der Waals surface area contributed by atoms with Crippen molar-refractivity contribution in [1.29, 1.82) is 0 Å². The van der Waals surface area contributed by atoms with Crippen molar-refractivity contribution >= 4 is 0 Å². The molecule has 3 N–H and O–H groups in total. The van der Waals surface area contributed by atoms with Crippen molar-refractivity contribution in [3.05, 3.63) is 87.0 Å². The third-order valence-corrected chi connectivity index (χ3v) is 7.51. The largest absolute Gasteiger partial charge is 0.508 e. The Labute approximate surface area is 217 Å². The molecular formula is C33H44O3. The number of aromatic hydroxyl groups is 3. The van der Waals surface area contributed by atoms with E-state index in [1.54, 1.807) is 6.07 Å². The van der Waals surface area contributed by atoms with Crippen molar-refractivity contribution < 1.29 is 15.3 Å². The van der Waals surface area contributed by atoms with E-state index in [0.29, 0.717) is 11.5 Å². The van der Waals surface area contributed by atoms with E-state index in [1.807, 2.05) is 24.3 Å². The van der Waals surface area contributed by atoms with Crippen LogP contribution in [0, 0.1) is 20.8 Å². The smallest absolute Gasteiger partial charge is 0.119 e. The maximum atomic E-state index is 10.8. The average Bonchev–Trinajstić information content (AvgIpc) is 2.70. The maximum absolute atomic E-state index is 10.8. The zero-order valence-corrected chi connectivity index (χ0v) is 23.7. The van der Waals surface area contributed by atoms with Crippen LogP contribution >= 0.6 is 0 Å². The van der Waals surface area contributed by atoms with E-state index in [9.17, 15) is 15.3 Å². The van der Waals surface area contributed by atoms with Gasteiger partial charge < -0.3 is 15.3 Å². The fourth-order valence-corrected chi connectivity index (χ4v) is 5.48. The molecule has 36 heavy (non-hydrogen) atoms. The van der Waals surface area contributed by atoms with Gasteiger partial charge in [0, 0.05) is 5.92 Å². The monoisotopic (exact) mass is 488 g/mol. The molecular weight excluding hydrogens is 444 g/mol. The molecule has 3 aromatic carbocycles. The second kappa shape index (κ2) is 9.84. The Bertz CT molecular complexity index is 1260. The first kappa shape index (κ1) is 27.6. The summed E-state index contributed by atoms with van der Waals surface area (Å²) in [7, 11) is 0. The molecule has 3 rings (SSSR count). The third kappa shape index (κ3) is 5.72. The molecule has 3 aromatic rings. The molecule has 3 heteroatoms. The predicted octanol–water partition coefficient (Wildman–Crippen LogP) is 8.65. The van der Waals surface area contributed by atoms with E-state index in [4.69, 9.17) is 0 Å². The Hall–Kier alpha value is -2.94. The SMILES string of the molecule is Cc1cc(O)c(C(C)(C)C)cc1C(C)CC(c1ccc(O)cc1C)c1cc(C(C)(C)C)c(O)cc1C. The molecule has 194 valence electrons. The van der Waals surface area contributed by atoms with Crippen LogP contribution in [0.3, 0.4) is 0 Å². The standard InChI is InChI=1S/C33H44O3/c1-19-13-23(34)11-12-24(19)27(26-18-29(33(8,9)10)31(36)16-22(26)4)14-20(2)25-17-28(32(5,6)7)30(35)15-21(25)3/h11-13,15-18,20,27,34-36H,14H2,1-10H3. The molecule has 0 fully saturated rings. The van der Waals surface area contributed by atoms with E-state index in [-0.39, 0.29) is 28.4 Å². The minimum Gasteiger partial charge on any atom is -0.508 e. The van der Waals surface area contributed by atoms with E-state index < -0.39 is 0 Å². The van der Waals surface area contributed by atoms with Gasteiger partial charge in [0.2, 0.25) is 0 Å². The van der Waals surface area contributed by atoms with Gasteiger partial charge in [0.1, 0.15) is 17.2 Å². The lowest BCUT2D eigenvalue weighted by Crippen LogP contribution is -2.16. The first-order chi connectivity index (χ1) is 16.5. The van der Waals surface area contributed by atoms with Gasteiger partial charge in [-0.25, -0.2) is 0 Å². The van der Waals surface area contributed by atoms with Gasteiger partial charge in [-0.1, -0.05) is 66.7 Å². The van der Waals surface area contributed by atoms with Gasteiger partial charge in [-0.2, -0.15) is 0 Å². The zero-order valence-electron chi connectivity index (χ0n) is 23.7. The quantitative estimate of drug-likeness (QED) is 0.337. The van der Waals surface area contributed by atoms with E-state index in [2.05, 4.69) is 81.4 Å². The summed E-state index contributed by atoms with van der Waals surface area (Å²) >= 11 is 0. The van der Waals surface area contributed by atoms with Gasteiger partial charge >= 0.3 is 0 Å². The second-order valence-corrected chi connectivity index (χ2v) is 12.7. The van der Waals surface area contributed by atoms with Crippen LogP contribution in [0.1, 0.15) is 111 Å². The molecule has 2 unspecified atom stereocenters. The summed E-state index contributed by atoms with van der Waals surface area (Å²) in [4.78, 5) is 0. The number of hydrogen-bond acceptors (Lipinski definition) is 3. The summed E-state index contributed by atoms with van der Waals surface area (Å²) in [5.41, 5.74) is 8.37. The zero-order chi connectivity index (χ0) is 27.2.